The lowest BCUT2D eigenvalue weighted by Crippen LogP contribution is -2.05. The van der Waals surface area contributed by atoms with Crippen molar-refractivity contribution in [2.24, 2.45) is 0 Å². The number of rotatable bonds is 3. The maximum Gasteiger partial charge on any atom is 0.338 e. The SMILES string of the molecule is CCCOC(=O)c1ccccc1.CCO. The highest BCUT2D eigenvalue weighted by Gasteiger charge is 2.03. The number of carbonyl (C=O) groups excluding carboxylic acids is 1. The van der Waals surface area contributed by atoms with Crippen LogP contribution in [-0.2, 0) is 4.74 Å². The molecule has 84 valence electrons. The maximum atomic E-state index is 11.2. The third-order valence-corrected chi connectivity index (χ3v) is 1.45. The summed E-state index contributed by atoms with van der Waals surface area (Å²) in [6.07, 6.45) is 0.860. The largest absolute Gasteiger partial charge is 0.462 e. The molecule has 0 aromatic heterocycles. The first kappa shape index (κ1) is 13.7. The molecular weight excluding hydrogens is 192 g/mol. The molecule has 1 aromatic carbocycles. The zero-order chi connectivity index (χ0) is 11.5. The second-order valence-electron chi connectivity index (χ2n) is 2.82. The smallest absolute Gasteiger partial charge is 0.338 e. The Hall–Kier alpha value is -1.35. The number of esters is 1. The summed E-state index contributed by atoms with van der Waals surface area (Å²) < 4.78 is 4.94. The summed E-state index contributed by atoms with van der Waals surface area (Å²) in [5.74, 6) is -0.238. The second kappa shape index (κ2) is 9.21. The molecule has 0 aliphatic rings. The molecule has 0 fully saturated rings. The number of ether oxygens (including phenoxy) is 1. The molecule has 0 bridgehead atoms. The molecule has 0 saturated carbocycles. The molecule has 0 atom stereocenters. The molecule has 0 saturated heterocycles. The maximum absolute atomic E-state index is 11.2. The van der Waals surface area contributed by atoms with Crippen LogP contribution in [-0.4, -0.2) is 24.3 Å². The van der Waals surface area contributed by atoms with Crippen molar-refractivity contribution in [1.29, 1.82) is 0 Å². The van der Waals surface area contributed by atoms with Gasteiger partial charge in [-0.1, -0.05) is 25.1 Å². The molecule has 0 aliphatic carbocycles. The molecule has 3 nitrogen and oxygen atoms in total. The van der Waals surface area contributed by atoms with Gasteiger partial charge < -0.3 is 9.84 Å². The number of aliphatic hydroxyl groups is 1. The van der Waals surface area contributed by atoms with Crippen molar-refractivity contribution in [2.75, 3.05) is 13.2 Å². The fraction of sp³-hybridized carbons (Fsp3) is 0.417. The molecular formula is C12H18O3. The zero-order valence-electron chi connectivity index (χ0n) is 9.27. The van der Waals surface area contributed by atoms with Gasteiger partial charge in [0.25, 0.3) is 0 Å². The van der Waals surface area contributed by atoms with Crippen molar-refractivity contribution in [2.45, 2.75) is 20.3 Å². The minimum atomic E-state index is -0.238. The summed E-state index contributed by atoms with van der Waals surface area (Å²) in [5.41, 5.74) is 0.617. The van der Waals surface area contributed by atoms with Gasteiger partial charge in [0.05, 0.1) is 12.2 Å². The van der Waals surface area contributed by atoms with E-state index in [1.54, 1.807) is 19.1 Å². The van der Waals surface area contributed by atoms with E-state index in [0.717, 1.165) is 6.42 Å². The van der Waals surface area contributed by atoms with Crippen LogP contribution < -0.4 is 0 Å². The Morgan fingerprint density at radius 3 is 2.27 bits per heavy atom. The zero-order valence-corrected chi connectivity index (χ0v) is 9.27. The van der Waals surface area contributed by atoms with E-state index in [1.165, 1.54) is 0 Å². The van der Waals surface area contributed by atoms with Gasteiger partial charge in [-0.3, -0.25) is 0 Å². The third-order valence-electron chi connectivity index (χ3n) is 1.45. The number of benzene rings is 1. The molecule has 1 aromatic rings. The van der Waals surface area contributed by atoms with Crippen molar-refractivity contribution < 1.29 is 14.6 Å². The number of hydrogen-bond donors (Lipinski definition) is 1. The summed E-state index contributed by atoms with van der Waals surface area (Å²) in [6, 6.07) is 9.01. The van der Waals surface area contributed by atoms with Crippen LogP contribution in [0.25, 0.3) is 0 Å². The van der Waals surface area contributed by atoms with Gasteiger partial charge in [0, 0.05) is 6.61 Å². The van der Waals surface area contributed by atoms with Crippen molar-refractivity contribution in [3.05, 3.63) is 35.9 Å². The van der Waals surface area contributed by atoms with Crippen LogP contribution in [0.2, 0.25) is 0 Å². The van der Waals surface area contributed by atoms with Crippen molar-refractivity contribution >= 4 is 5.97 Å². The van der Waals surface area contributed by atoms with Crippen LogP contribution in [0.5, 0.6) is 0 Å². The molecule has 0 radical (unpaired) electrons. The number of aliphatic hydroxyl groups excluding tert-OH is 1. The number of hydrogen-bond acceptors (Lipinski definition) is 3. The Labute approximate surface area is 90.7 Å². The van der Waals surface area contributed by atoms with E-state index in [2.05, 4.69) is 0 Å². The molecule has 1 N–H and O–H groups in total. The molecule has 0 heterocycles. The van der Waals surface area contributed by atoms with E-state index in [4.69, 9.17) is 9.84 Å². The first-order valence-corrected chi connectivity index (χ1v) is 5.09. The van der Waals surface area contributed by atoms with E-state index >= 15 is 0 Å². The Morgan fingerprint density at radius 1 is 1.27 bits per heavy atom. The fourth-order valence-electron chi connectivity index (χ4n) is 0.852. The summed E-state index contributed by atoms with van der Waals surface area (Å²) >= 11 is 0. The Bertz CT molecular complexity index is 257. The van der Waals surface area contributed by atoms with E-state index in [-0.39, 0.29) is 12.6 Å². The van der Waals surface area contributed by atoms with Gasteiger partial charge in [0.15, 0.2) is 0 Å². The lowest BCUT2D eigenvalue weighted by Gasteiger charge is -2.01. The lowest BCUT2D eigenvalue weighted by atomic mass is 10.2. The summed E-state index contributed by atoms with van der Waals surface area (Å²) in [6.45, 7) is 4.39. The fourth-order valence-corrected chi connectivity index (χ4v) is 0.852. The molecule has 0 amide bonds. The van der Waals surface area contributed by atoms with Crippen LogP contribution >= 0.6 is 0 Å². The Kier molecular flexibility index (Phi) is 8.39. The van der Waals surface area contributed by atoms with Gasteiger partial charge >= 0.3 is 5.97 Å². The molecule has 15 heavy (non-hydrogen) atoms. The van der Waals surface area contributed by atoms with Gasteiger partial charge in [0.2, 0.25) is 0 Å². The van der Waals surface area contributed by atoms with Crippen LogP contribution in [0.4, 0.5) is 0 Å². The van der Waals surface area contributed by atoms with E-state index in [1.807, 2.05) is 25.1 Å². The summed E-state index contributed by atoms with van der Waals surface area (Å²) in [5, 5.41) is 7.57. The van der Waals surface area contributed by atoms with Gasteiger partial charge in [0.1, 0.15) is 0 Å². The van der Waals surface area contributed by atoms with Gasteiger partial charge in [-0.15, -0.1) is 0 Å². The van der Waals surface area contributed by atoms with Gasteiger partial charge in [-0.2, -0.15) is 0 Å². The second-order valence-corrected chi connectivity index (χ2v) is 2.82. The lowest BCUT2D eigenvalue weighted by molar-refractivity contribution is 0.0505. The van der Waals surface area contributed by atoms with E-state index < -0.39 is 0 Å². The monoisotopic (exact) mass is 210 g/mol. The molecule has 0 aliphatic heterocycles. The summed E-state index contributed by atoms with van der Waals surface area (Å²) in [4.78, 5) is 11.2. The summed E-state index contributed by atoms with van der Waals surface area (Å²) in [7, 11) is 0. The topological polar surface area (TPSA) is 46.5 Å². The molecule has 3 heteroatoms. The molecule has 1 rings (SSSR count). The Morgan fingerprint density at radius 2 is 1.80 bits per heavy atom. The highest BCUT2D eigenvalue weighted by Crippen LogP contribution is 2.00. The molecule has 0 spiro atoms. The van der Waals surface area contributed by atoms with Crippen molar-refractivity contribution in [1.82, 2.24) is 0 Å². The van der Waals surface area contributed by atoms with Crippen molar-refractivity contribution in [3.8, 4) is 0 Å². The van der Waals surface area contributed by atoms with E-state index in [0.29, 0.717) is 12.2 Å². The quantitative estimate of drug-likeness (QED) is 0.778. The van der Waals surface area contributed by atoms with Gasteiger partial charge in [-0.05, 0) is 25.5 Å². The average Bonchev–Trinajstić information content (AvgIpc) is 2.28. The van der Waals surface area contributed by atoms with Crippen LogP contribution in [0.15, 0.2) is 30.3 Å². The van der Waals surface area contributed by atoms with E-state index in [9.17, 15) is 4.79 Å². The van der Waals surface area contributed by atoms with Crippen molar-refractivity contribution in [3.63, 3.8) is 0 Å². The third kappa shape index (κ3) is 6.69. The predicted octanol–water partition coefficient (Wildman–Crippen LogP) is 2.25. The Balaban J connectivity index is 0.000000583. The predicted molar refractivity (Wildman–Crippen MR) is 59.8 cm³/mol. The van der Waals surface area contributed by atoms with Crippen LogP contribution in [0.3, 0.4) is 0 Å². The van der Waals surface area contributed by atoms with Gasteiger partial charge in [-0.25, -0.2) is 4.79 Å². The highest BCUT2D eigenvalue weighted by atomic mass is 16.5. The first-order valence-electron chi connectivity index (χ1n) is 5.09. The number of carbonyl (C=O) groups is 1. The average molecular weight is 210 g/mol. The highest BCUT2D eigenvalue weighted by molar-refractivity contribution is 5.89. The van der Waals surface area contributed by atoms with Crippen LogP contribution in [0, 0.1) is 0 Å². The minimum Gasteiger partial charge on any atom is -0.462 e. The first-order chi connectivity index (χ1) is 7.26. The molecule has 0 unspecified atom stereocenters. The van der Waals surface area contributed by atoms with Crippen LogP contribution in [0.1, 0.15) is 30.6 Å². The standard InChI is InChI=1S/C10H12O2.C2H6O/c1-2-8-12-10(11)9-6-4-3-5-7-9;1-2-3/h3-7H,2,8H2,1H3;3H,2H2,1H3. The normalized spacial score (nSPS) is 8.73. The minimum absolute atomic E-state index is 0.238.